The third-order valence-corrected chi connectivity index (χ3v) is 8.36. The van der Waals surface area contributed by atoms with Gasteiger partial charge in [-0.1, -0.05) is 44.7 Å². The van der Waals surface area contributed by atoms with Gasteiger partial charge in [0.15, 0.2) is 12.4 Å². The number of nitrogens with zero attached hydrogens (tertiary/aromatic N) is 2. The number of nitro benzene ring substituents is 1. The molecular formula is C23H26N2O7S2. The van der Waals surface area contributed by atoms with Crippen LogP contribution in [0.1, 0.15) is 44.0 Å². The molecule has 1 aliphatic rings. The maximum absolute atomic E-state index is 12.8. The standard InChI is InChI=1S/C23H26N2O7S2/c1-23(2,3)21(26)15-32-22(27)17-8-4-5-9-19(17)33-20-11-10-16(14-18(20)25(28)29)34(30,31)24-12-6-7-13-24/h4-5,8-11,14H,6-7,12-13,15H2,1-3H3. The molecule has 1 fully saturated rings. The van der Waals surface area contributed by atoms with E-state index in [2.05, 4.69) is 0 Å². The van der Waals surface area contributed by atoms with Gasteiger partial charge in [-0.3, -0.25) is 14.9 Å². The van der Waals surface area contributed by atoms with Crippen molar-refractivity contribution in [1.29, 1.82) is 0 Å². The van der Waals surface area contributed by atoms with Crippen LogP contribution in [0.3, 0.4) is 0 Å². The summed E-state index contributed by atoms with van der Waals surface area (Å²) in [6.45, 7) is 5.56. The van der Waals surface area contributed by atoms with Crippen LogP contribution in [0.4, 0.5) is 5.69 Å². The lowest BCUT2D eigenvalue weighted by molar-refractivity contribution is -0.388. The quantitative estimate of drug-likeness (QED) is 0.295. The van der Waals surface area contributed by atoms with E-state index in [4.69, 9.17) is 4.74 Å². The molecule has 1 heterocycles. The number of nitro groups is 1. The number of hydrogen-bond acceptors (Lipinski definition) is 8. The van der Waals surface area contributed by atoms with Gasteiger partial charge < -0.3 is 4.74 Å². The first-order valence-electron chi connectivity index (χ1n) is 10.7. The molecular weight excluding hydrogens is 480 g/mol. The molecule has 0 aliphatic carbocycles. The van der Waals surface area contributed by atoms with Gasteiger partial charge in [0, 0.05) is 29.5 Å². The fraction of sp³-hybridized carbons (Fsp3) is 0.391. The fourth-order valence-electron chi connectivity index (χ4n) is 3.23. The Balaban J connectivity index is 1.88. The first-order valence-corrected chi connectivity index (χ1v) is 12.9. The van der Waals surface area contributed by atoms with Gasteiger partial charge in [0.1, 0.15) is 0 Å². The summed E-state index contributed by atoms with van der Waals surface area (Å²) >= 11 is 0.953. The highest BCUT2D eigenvalue weighted by atomic mass is 32.2. The van der Waals surface area contributed by atoms with E-state index in [-0.39, 0.29) is 33.4 Å². The first kappa shape index (κ1) is 25.9. The molecule has 2 aromatic rings. The van der Waals surface area contributed by atoms with E-state index in [1.54, 1.807) is 39.0 Å². The molecule has 0 unspecified atom stereocenters. The molecule has 0 bridgehead atoms. The number of esters is 1. The molecule has 34 heavy (non-hydrogen) atoms. The maximum atomic E-state index is 12.8. The topological polar surface area (TPSA) is 124 Å². The summed E-state index contributed by atoms with van der Waals surface area (Å²) in [6.07, 6.45) is 1.51. The van der Waals surface area contributed by atoms with Gasteiger partial charge in [-0.05, 0) is 37.1 Å². The molecule has 0 amide bonds. The summed E-state index contributed by atoms with van der Waals surface area (Å²) in [4.78, 5) is 36.3. The molecule has 0 atom stereocenters. The minimum Gasteiger partial charge on any atom is -0.454 e. The van der Waals surface area contributed by atoms with Crippen molar-refractivity contribution in [2.75, 3.05) is 19.7 Å². The number of carbonyl (C=O) groups excluding carboxylic acids is 2. The van der Waals surface area contributed by atoms with E-state index in [1.165, 1.54) is 22.5 Å². The molecule has 0 N–H and O–H groups in total. The number of sulfonamides is 1. The van der Waals surface area contributed by atoms with E-state index in [0.29, 0.717) is 18.0 Å². The Labute approximate surface area is 202 Å². The third kappa shape index (κ3) is 5.83. The fourth-order valence-corrected chi connectivity index (χ4v) is 5.79. The zero-order chi connectivity index (χ0) is 25.1. The largest absolute Gasteiger partial charge is 0.454 e. The van der Waals surface area contributed by atoms with Crippen LogP contribution in [0.5, 0.6) is 0 Å². The van der Waals surface area contributed by atoms with Crippen molar-refractivity contribution in [3.8, 4) is 0 Å². The lowest BCUT2D eigenvalue weighted by Gasteiger charge is -2.17. The Hall–Kier alpha value is -2.76. The van der Waals surface area contributed by atoms with E-state index >= 15 is 0 Å². The molecule has 0 spiro atoms. The number of Topliss-reactive ketones (excluding diaryl/α,β-unsaturated/α-hetero) is 1. The van der Waals surface area contributed by atoms with Crippen LogP contribution in [0.2, 0.25) is 0 Å². The van der Waals surface area contributed by atoms with Crippen molar-refractivity contribution >= 4 is 39.2 Å². The van der Waals surface area contributed by atoms with E-state index in [1.807, 2.05) is 0 Å². The molecule has 0 saturated carbocycles. The van der Waals surface area contributed by atoms with Gasteiger partial charge in [0.2, 0.25) is 10.0 Å². The van der Waals surface area contributed by atoms with Crippen molar-refractivity contribution in [3.63, 3.8) is 0 Å². The molecule has 1 aliphatic heterocycles. The van der Waals surface area contributed by atoms with Gasteiger partial charge in [-0.2, -0.15) is 4.31 Å². The van der Waals surface area contributed by atoms with Crippen molar-refractivity contribution in [1.82, 2.24) is 4.31 Å². The van der Waals surface area contributed by atoms with Gasteiger partial charge >= 0.3 is 5.97 Å². The predicted octanol–water partition coefficient (Wildman–Crippen LogP) is 4.30. The van der Waals surface area contributed by atoms with Crippen LogP contribution in [0.15, 0.2) is 57.2 Å². The average Bonchev–Trinajstić information content (AvgIpc) is 3.33. The SMILES string of the molecule is CC(C)(C)C(=O)COC(=O)c1ccccc1Sc1ccc(S(=O)(=O)N2CCCC2)cc1[N+](=O)[O-]. The van der Waals surface area contributed by atoms with Crippen molar-refractivity contribution in [2.24, 2.45) is 5.41 Å². The van der Waals surface area contributed by atoms with Crippen molar-refractivity contribution < 1.29 is 27.7 Å². The molecule has 11 heteroatoms. The zero-order valence-corrected chi connectivity index (χ0v) is 20.8. The average molecular weight is 507 g/mol. The Morgan fingerprint density at radius 3 is 2.35 bits per heavy atom. The number of benzene rings is 2. The Morgan fingerprint density at radius 1 is 1.09 bits per heavy atom. The first-order chi connectivity index (χ1) is 15.9. The number of hydrogen-bond donors (Lipinski definition) is 0. The second-order valence-electron chi connectivity index (χ2n) is 8.85. The number of ketones is 1. The van der Waals surface area contributed by atoms with Crippen molar-refractivity contribution in [2.45, 2.75) is 48.3 Å². The summed E-state index contributed by atoms with van der Waals surface area (Å²) in [5.41, 5.74) is -0.889. The van der Waals surface area contributed by atoms with Crippen LogP contribution in [0.25, 0.3) is 0 Å². The number of carbonyl (C=O) groups is 2. The third-order valence-electron chi connectivity index (χ3n) is 5.33. The van der Waals surface area contributed by atoms with Gasteiger partial charge in [0.05, 0.1) is 20.3 Å². The normalized spacial score (nSPS) is 14.7. The predicted molar refractivity (Wildman–Crippen MR) is 126 cm³/mol. The summed E-state index contributed by atoms with van der Waals surface area (Å²) in [5, 5.41) is 11.8. The van der Waals surface area contributed by atoms with Gasteiger partial charge in [-0.15, -0.1) is 0 Å². The number of rotatable bonds is 8. The van der Waals surface area contributed by atoms with Crippen LogP contribution in [0, 0.1) is 15.5 Å². The summed E-state index contributed by atoms with van der Waals surface area (Å²) in [7, 11) is -3.82. The van der Waals surface area contributed by atoms with E-state index in [9.17, 15) is 28.1 Å². The van der Waals surface area contributed by atoms with Gasteiger partial charge in [0.25, 0.3) is 5.69 Å². The molecule has 1 saturated heterocycles. The summed E-state index contributed by atoms with van der Waals surface area (Å²) < 4.78 is 32.2. The highest BCUT2D eigenvalue weighted by Gasteiger charge is 2.30. The van der Waals surface area contributed by atoms with Crippen LogP contribution in [-0.2, 0) is 19.6 Å². The second kappa shape index (κ2) is 10.2. The van der Waals surface area contributed by atoms with Crippen LogP contribution >= 0.6 is 11.8 Å². The molecule has 0 aromatic heterocycles. The van der Waals surface area contributed by atoms with E-state index < -0.39 is 26.3 Å². The highest BCUT2D eigenvalue weighted by Crippen LogP contribution is 2.38. The maximum Gasteiger partial charge on any atom is 0.339 e. The lowest BCUT2D eigenvalue weighted by atomic mass is 9.91. The number of ether oxygens (including phenoxy) is 1. The zero-order valence-electron chi connectivity index (χ0n) is 19.1. The Morgan fingerprint density at radius 2 is 1.74 bits per heavy atom. The minimum atomic E-state index is -3.82. The van der Waals surface area contributed by atoms with Gasteiger partial charge in [-0.25, -0.2) is 13.2 Å². The molecule has 9 nitrogen and oxygen atoms in total. The second-order valence-corrected chi connectivity index (χ2v) is 11.9. The smallest absolute Gasteiger partial charge is 0.339 e. The molecule has 182 valence electrons. The minimum absolute atomic E-state index is 0.140. The Kier molecular flexibility index (Phi) is 7.79. The highest BCUT2D eigenvalue weighted by molar-refractivity contribution is 7.99. The summed E-state index contributed by atoms with van der Waals surface area (Å²) in [5.74, 6) is -0.965. The van der Waals surface area contributed by atoms with E-state index in [0.717, 1.165) is 30.7 Å². The monoisotopic (exact) mass is 506 g/mol. The molecule has 0 radical (unpaired) electrons. The van der Waals surface area contributed by atoms with Crippen LogP contribution < -0.4 is 0 Å². The Bertz CT molecular complexity index is 1210. The van der Waals surface area contributed by atoms with Crippen LogP contribution in [-0.4, -0.2) is 49.1 Å². The summed E-state index contributed by atoms with van der Waals surface area (Å²) in [6, 6.07) is 10.2. The molecule has 3 rings (SSSR count). The van der Waals surface area contributed by atoms with Crippen molar-refractivity contribution in [3.05, 3.63) is 58.1 Å². The lowest BCUT2D eigenvalue weighted by Crippen LogP contribution is -2.27. The molecule has 2 aromatic carbocycles.